The SMILES string of the molecule is Cc1ccc(S(=O)(=O)N2CCNCC2c2cccnc2)cn1.Cl. The van der Waals surface area contributed by atoms with Crippen LogP contribution in [0.15, 0.2) is 47.8 Å². The number of pyridine rings is 2. The number of rotatable bonds is 3. The zero-order chi connectivity index (χ0) is 15.6. The van der Waals surface area contributed by atoms with Crippen molar-refractivity contribution in [3.8, 4) is 0 Å². The Labute approximate surface area is 142 Å². The zero-order valence-corrected chi connectivity index (χ0v) is 14.3. The van der Waals surface area contributed by atoms with Gasteiger partial charge in [0.05, 0.1) is 6.04 Å². The first kappa shape index (κ1) is 17.8. The number of nitrogens with zero attached hydrogens (tertiary/aromatic N) is 3. The van der Waals surface area contributed by atoms with Crippen molar-refractivity contribution in [2.45, 2.75) is 17.9 Å². The van der Waals surface area contributed by atoms with Gasteiger partial charge in [0.1, 0.15) is 4.90 Å². The van der Waals surface area contributed by atoms with Crippen molar-refractivity contribution < 1.29 is 8.42 Å². The van der Waals surface area contributed by atoms with E-state index >= 15 is 0 Å². The molecule has 0 radical (unpaired) electrons. The minimum absolute atomic E-state index is 0. The number of aromatic nitrogens is 2. The summed E-state index contributed by atoms with van der Waals surface area (Å²) in [6, 6.07) is 6.80. The van der Waals surface area contributed by atoms with E-state index in [4.69, 9.17) is 0 Å². The van der Waals surface area contributed by atoms with Gasteiger partial charge in [0.15, 0.2) is 0 Å². The van der Waals surface area contributed by atoms with Gasteiger partial charge in [-0.25, -0.2) is 8.42 Å². The van der Waals surface area contributed by atoms with Crippen LogP contribution in [0, 0.1) is 6.92 Å². The summed E-state index contributed by atoms with van der Waals surface area (Å²) in [7, 11) is -3.57. The van der Waals surface area contributed by atoms with Gasteiger partial charge in [-0.15, -0.1) is 12.4 Å². The minimum atomic E-state index is -3.57. The molecule has 0 saturated carbocycles. The normalized spacial score (nSPS) is 19.1. The number of sulfonamides is 1. The van der Waals surface area contributed by atoms with Gasteiger partial charge >= 0.3 is 0 Å². The first-order valence-electron chi connectivity index (χ1n) is 7.14. The summed E-state index contributed by atoms with van der Waals surface area (Å²) >= 11 is 0. The van der Waals surface area contributed by atoms with Crippen molar-refractivity contribution in [3.05, 3.63) is 54.1 Å². The average molecular weight is 355 g/mol. The van der Waals surface area contributed by atoms with Crippen LogP contribution in [0.4, 0.5) is 0 Å². The van der Waals surface area contributed by atoms with Crippen LogP contribution in [0.25, 0.3) is 0 Å². The Morgan fingerprint density at radius 3 is 2.74 bits per heavy atom. The maximum absolute atomic E-state index is 12.9. The van der Waals surface area contributed by atoms with Crippen LogP contribution in [0.3, 0.4) is 0 Å². The number of aryl methyl sites for hydroxylation is 1. The molecule has 0 spiro atoms. The maximum atomic E-state index is 12.9. The van der Waals surface area contributed by atoms with Gasteiger partial charge in [-0.2, -0.15) is 4.31 Å². The summed E-state index contributed by atoms with van der Waals surface area (Å²) in [6.45, 7) is 3.47. The second-order valence-corrected chi connectivity index (χ2v) is 7.15. The Hall–Kier alpha value is -1.54. The molecule has 1 saturated heterocycles. The van der Waals surface area contributed by atoms with Gasteiger partial charge in [-0.1, -0.05) is 6.07 Å². The molecule has 0 aromatic carbocycles. The molecule has 0 bridgehead atoms. The molecule has 124 valence electrons. The molecule has 0 amide bonds. The monoisotopic (exact) mass is 354 g/mol. The summed E-state index contributed by atoms with van der Waals surface area (Å²) in [5.41, 5.74) is 1.68. The lowest BCUT2D eigenvalue weighted by Crippen LogP contribution is -2.48. The highest BCUT2D eigenvalue weighted by atomic mass is 35.5. The van der Waals surface area contributed by atoms with Crippen molar-refractivity contribution in [1.29, 1.82) is 0 Å². The maximum Gasteiger partial charge on any atom is 0.245 e. The van der Waals surface area contributed by atoms with Crippen LogP contribution in [-0.4, -0.2) is 42.3 Å². The van der Waals surface area contributed by atoms with E-state index in [2.05, 4.69) is 15.3 Å². The Morgan fingerprint density at radius 2 is 2.09 bits per heavy atom. The Morgan fingerprint density at radius 1 is 1.26 bits per heavy atom. The molecule has 1 N–H and O–H groups in total. The highest BCUT2D eigenvalue weighted by Gasteiger charge is 2.34. The molecular weight excluding hydrogens is 336 g/mol. The van der Waals surface area contributed by atoms with E-state index in [0.717, 1.165) is 11.3 Å². The Bertz CT molecular complexity index is 738. The van der Waals surface area contributed by atoms with Crippen LogP contribution in [-0.2, 0) is 10.0 Å². The number of hydrogen-bond donors (Lipinski definition) is 1. The van der Waals surface area contributed by atoms with E-state index in [1.807, 2.05) is 19.1 Å². The Kier molecular flexibility index (Phi) is 5.69. The first-order valence-corrected chi connectivity index (χ1v) is 8.58. The van der Waals surface area contributed by atoms with Crippen LogP contribution in [0.5, 0.6) is 0 Å². The largest absolute Gasteiger partial charge is 0.313 e. The molecular formula is C15H19ClN4O2S. The molecule has 2 aromatic heterocycles. The highest BCUT2D eigenvalue weighted by Crippen LogP contribution is 2.28. The van der Waals surface area contributed by atoms with Gasteiger partial charge in [-0.3, -0.25) is 9.97 Å². The van der Waals surface area contributed by atoms with Crippen molar-refractivity contribution in [2.75, 3.05) is 19.6 Å². The van der Waals surface area contributed by atoms with Crippen LogP contribution in [0.1, 0.15) is 17.3 Å². The quantitative estimate of drug-likeness (QED) is 0.905. The predicted molar refractivity (Wildman–Crippen MR) is 90.0 cm³/mol. The van der Waals surface area contributed by atoms with Gasteiger partial charge in [-0.05, 0) is 30.7 Å². The Balaban J connectivity index is 0.00000192. The summed E-state index contributed by atoms with van der Waals surface area (Å²) in [6.07, 6.45) is 4.82. The number of piperazine rings is 1. The summed E-state index contributed by atoms with van der Waals surface area (Å²) in [5.74, 6) is 0. The summed E-state index contributed by atoms with van der Waals surface area (Å²) < 4.78 is 27.4. The van der Waals surface area contributed by atoms with E-state index in [9.17, 15) is 8.42 Å². The fraction of sp³-hybridized carbons (Fsp3) is 0.333. The predicted octanol–water partition coefficient (Wildman–Crippen LogP) is 1.54. The third kappa shape index (κ3) is 3.69. The molecule has 3 rings (SSSR count). The van der Waals surface area contributed by atoms with Crippen molar-refractivity contribution in [3.63, 3.8) is 0 Å². The smallest absolute Gasteiger partial charge is 0.245 e. The minimum Gasteiger partial charge on any atom is -0.313 e. The fourth-order valence-corrected chi connectivity index (χ4v) is 4.13. The van der Waals surface area contributed by atoms with Crippen LogP contribution in [0.2, 0.25) is 0 Å². The van der Waals surface area contributed by atoms with Crippen molar-refractivity contribution in [1.82, 2.24) is 19.6 Å². The molecule has 1 fully saturated rings. The molecule has 8 heteroatoms. The number of halogens is 1. The third-order valence-corrected chi connectivity index (χ3v) is 5.65. The van der Waals surface area contributed by atoms with Crippen molar-refractivity contribution in [2.24, 2.45) is 0 Å². The molecule has 1 aliphatic rings. The van der Waals surface area contributed by atoms with E-state index in [0.29, 0.717) is 19.6 Å². The number of hydrogen-bond acceptors (Lipinski definition) is 5. The lowest BCUT2D eigenvalue weighted by Gasteiger charge is -2.35. The lowest BCUT2D eigenvalue weighted by atomic mass is 10.1. The second-order valence-electron chi connectivity index (χ2n) is 5.26. The lowest BCUT2D eigenvalue weighted by molar-refractivity contribution is 0.271. The van der Waals surface area contributed by atoms with E-state index in [1.165, 1.54) is 10.5 Å². The van der Waals surface area contributed by atoms with Gasteiger partial charge in [0.25, 0.3) is 0 Å². The van der Waals surface area contributed by atoms with Gasteiger partial charge < -0.3 is 5.32 Å². The standard InChI is InChI=1S/C15H18N4O2S.ClH/c1-12-4-5-14(10-18-12)22(20,21)19-8-7-17-11-15(19)13-3-2-6-16-9-13;/h2-6,9-10,15,17H,7-8,11H2,1H3;1H. The molecule has 1 unspecified atom stereocenters. The average Bonchev–Trinajstić information content (AvgIpc) is 2.56. The van der Waals surface area contributed by atoms with Gasteiger partial charge in [0.2, 0.25) is 10.0 Å². The molecule has 2 aromatic rings. The first-order chi connectivity index (χ1) is 10.6. The third-order valence-electron chi connectivity index (χ3n) is 3.75. The molecule has 3 heterocycles. The fourth-order valence-electron chi connectivity index (χ4n) is 2.57. The van der Waals surface area contributed by atoms with Crippen molar-refractivity contribution >= 4 is 22.4 Å². The highest BCUT2D eigenvalue weighted by molar-refractivity contribution is 7.89. The van der Waals surface area contributed by atoms with E-state index < -0.39 is 10.0 Å². The molecule has 1 atom stereocenters. The van der Waals surface area contributed by atoms with E-state index in [-0.39, 0.29) is 23.3 Å². The van der Waals surface area contributed by atoms with Gasteiger partial charge in [0, 0.05) is 43.9 Å². The molecule has 0 aliphatic carbocycles. The zero-order valence-electron chi connectivity index (χ0n) is 12.7. The summed E-state index contributed by atoms with van der Waals surface area (Å²) in [5, 5.41) is 3.25. The second kappa shape index (κ2) is 7.35. The number of nitrogens with one attached hydrogen (secondary N) is 1. The molecule has 23 heavy (non-hydrogen) atoms. The van der Waals surface area contributed by atoms with E-state index in [1.54, 1.807) is 24.5 Å². The van der Waals surface area contributed by atoms with Crippen LogP contribution < -0.4 is 5.32 Å². The topological polar surface area (TPSA) is 75.2 Å². The van der Waals surface area contributed by atoms with Crippen LogP contribution >= 0.6 is 12.4 Å². The summed E-state index contributed by atoms with van der Waals surface area (Å²) in [4.78, 5) is 8.43. The molecule has 1 aliphatic heterocycles. The molecule has 6 nitrogen and oxygen atoms in total.